The summed E-state index contributed by atoms with van der Waals surface area (Å²) in [5.74, 6) is 1.85. The molecule has 0 unspecified atom stereocenters. The van der Waals surface area contributed by atoms with E-state index in [0.717, 1.165) is 56.5 Å². The number of likely N-dealkylation sites (tertiary alicyclic amines) is 1. The monoisotopic (exact) mass is 716 g/mol. The summed E-state index contributed by atoms with van der Waals surface area (Å²) in [6.45, 7) is 6.30. The zero-order valence-corrected chi connectivity index (χ0v) is 31.0. The molecule has 0 radical (unpaired) electrons. The van der Waals surface area contributed by atoms with Crippen molar-refractivity contribution in [3.8, 4) is 11.5 Å². The van der Waals surface area contributed by atoms with Gasteiger partial charge in [0.25, 0.3) is 0 Å². The fourth-order valence-electron chi connectivity index (χ4n) is 10.1. The Morgan fingerprint density at radius 2 is 1.58 bits per heavy atom. The van der Waals surface area contributed by atoms with Crippen molar-refractivity contribution < 1.29 is 23.4 Å². The first-order chi connectivity index (χ1) is 25.9. The molecule has 8 rings (SSSR count). The highest BCUT2D eigenvalue weighted by atomic mass is 19.1. The van der Waals surface area contributed by atoms with Gasteiger partial charge in [-0.3, -0.25) is 4.79 Å². The van der Waals surface area contributed by atoms with Gasteiger partial charge in [0.15, 0.2) is 0 Å². The number of fused-ring (bicyclic) bond motifs is 5. The maximum atomic E-state index is 15.6. The summed E-state index contributed by atoms with van der Waals surface area (Å²) in [6.07, 6.45) is 8.98. The number of ether oxygens (including phenoxy) is 3. The first-order valence-corrected chi connectivity index (χ1v) is 19.9. The molecule has 278 valence electrons. The minimum atomic E-state index is -0.473. The number of hydrogen-bond acceptors (Lipinski definition) is 5. The van der Waals surface area contributed by atoms with Crippen LogP contribution in [0.15, 0.2) is 97.1 Å². The molecular weight excluding hydrogens is 664 g/mol. The minimum absolute atomic E-state index is 0.0718. The fourth-order valence-corrected chi connectivity index (χ4v) is 10.1. The summed E-state index contributed by atoms with van der Waals surface area (Å²) in [5.41, 5.74) is 5.10. The lowest BCUT2D eigenvalue weighted by molar-refractivity contribution is -0.116. The summed E-state index contributed by atoms with van der Waals surface area (Å²) < 4.78 is 35.6. The van der Waals surface area contributed by atoms with E-state index in [1.807, 2.05) is 30.3 Å². The van der Waals surface area contributed by atoms with Crippen molar-refractivity contribution in [2.75, 3.05) is 25.0 Å². The maximum absolute atomic E-state index is 15.6. The first-order valence-electron chi connectivity index (χ1n) is 19.9. The molecule has 0 spiro atoms. The Bertz CT molecular complexity index is 1850. The van der Waals surface area contributed by atoms with E-state index in [9.17, 15) is 4.79 Å². The first kappa shape index (κ1) is 35.8. The zero-order valence-electron chi connectivity index (χ0n) is 31.0. The van der Waals surface area contributed by atoms with Crippen LogP contribution in [0.4, 0.5) is 10.1 Å². The van der Waals surface area contributed by atoms with Crippen LogP contribution < -0.4 is 14.8 Å². The number of anilines is 1. The van der Waals surface area contributed by atoms with Crippen LogP contribution in [-0.2, 0) is 29.2 Å². The van der Waals surface area contributed by atoms with Crippen molar-refractivity contribution >= 4 is 11.6 Å². The molecule has 1 N–H and O–H groups in total. The number of carbonyl (C=O) groups is 1. The molecule has 4 aliphatic rings. The lowest BCUT2D eigenvalue weighted by Gasteiger charge is -2.53. The standard InChI is InChI=1S/C46H53FN2O4/c1-46-29-42(53-36-17-21-41(40(47)28-36)48-44(50)23-26-49-24-9-4-10-25-49)45-37-19-16-35(51-30-32-11-5-2-6-12-32)27-34(37)15-18-38(45)39(46)20-22-43(46)52-31-33-13-7-3-8-14-33/h2-3,5-8,11-14,16-17,19,21,27-28,38-39,42-43,45H,4,9-10,15,18,20,22-26,29-31H2,1H3,(H,48,50)/t38-,39-,42-,43-,45+,46-/m0/s1. The Hall–Kier alpha value is -4.20. The highest BCUT2D eigenvalue weighted by Crippen LogP contribution is 2.62. The number of amides is 1. The number of carbonyl (C=O) groups excluding carboxylic acids is 1. The Kier molecular flexibility index (Phi) is 10.8. The molecule has 1 heterocycles. The molecule has 53 heavy (non-hydrogen) atoms. The Morgan fingerprint density at radius 1 is 0.849 bits per heavy atom. The molecule has 4 aromatic rings. The molecule has 7 heteroatoms. The van der Waals surface area contributed by atoms with Crippen LogP contribution >= 0.6 is 0 Å². The van der Waals surface area contributed by atoms with Crippen molar-refractivity contribution in [3.05, 3.63) is 125 Å². The molecule has 3 aliphatic carbocycles. The topological polar surface area (TPSA) is 60.0 Å². The lowest BCUT2D eigenvalue weighted by atomic mass is 9.54. The molecule has 6 nitrogen and oxygen atoms in total. The van der Waals surface area contributed by atoms with Gasteiger partial charge >= 0.3 is 0 Å². The van der Waals surface area contributed by atoms with Gasteiger partial charge in [-0.25, -0.2) is 4.39 Å². The van der Waals surface area contributed by atoms with Crippen LogP contribution in [0.2, 0.25) is 0 Å². The molecule has 6 atom stereocenters. The van der Waals surface area contributed by atoms with E-state index in [1.165, 1.54) is 42.0 Å². The Labute approximate surface area is 314 Å². The second-order valence-electron chi connectivity index (χ2n) is 16.0. The Morgan fingerprint density at radius 3 is 2.34 bits per heavy atom. The third-order valence-electron chi connectivity index (χ3n) is 12.7. The highest BCUT2D eigenvalue weighted by Gasteiger charge is 2.59. The second-order valence-corrected chi connectivity index (χ2v) is 16.0. The van der Waals surface area contributed by atoms with Crippen molar-refractivity contribution in [1.82, 2.24) is 4.90 Å². The molecule has 2 saturated carbocycles. The van der Waals surface area contributed by atoms with Gasteiger partial charge in [0.05, 0.1) is 18.4 Å². The van der Waals surface area contributed by atoms with Gasteiger partial charge in [0, 0.05) is 30.4 Å². The zero-order chi connectivity index (χ0) is 36.2. The molecule has 1 amide bonds. The van der Waals surface area contributed by atoms with E-state index >= 15 is 4.39 Å². The molecule has 1 aliphatic heterocycles. The minimum Gasteiger partial charge on any atom is -0.490 e. The predicted molar refractivity (Wildman–Crippen MR) is 207 cm³/mol. The molecule has 0 bridgehead atoms. The SMILES string of the molecule is C[C@]12C[C@H](Oc3ccc(NC(=O)CCN4CCCCC4)c(F)c3)[C@@H]3c4ccc(OCc5ccccc5)cc4CC[C@H]3[C@@H]1CC[C@@H]2OCc1ccccc1. The van der Waals surface area contributed by atoms with Gasteiger partial charge in [-0.1, -0.05) is 80.1 Å². The number of rotatable bonds is 12. The van der Waals surface area contributed by atoms with Crippen molar-refractivity contribution in [3.63, 3.8) is 0 Å². The molecule has 4 aromatic carbocycles. The predicted octanol–water partition coefficient (Wildman–Crippen LogP) is 9.72. The van der Waals surface area contributed by atoms with Gasteiger partial charge in [-0.15, -0.1) is 0 Å². The van der Waals surface area contributed by atoms with Gasteiger partial charge in [-0.05, 0) is 116 Å². The number of aryl methyl sites for hydroxylation is 1. The van der Waals surface area contributed by atoms with Crippen LogP contribution in [0.3, 0.4) is 0 Å². The molecule has 0 aromatic heterocycles. The number of benzene rings is 4. The summed E-state index contributed by atoms with van der Waals surface area (Å²) in [4.78, 5) is 15.1. The molecular formula is C46H53FN2O4. The van der Waals surface area contributed by atoms with Gasteiger partial charge in [0.2, 0.25) is 5.91 Å². The number of halogens is 1. The van der Waals surface area contributed by atoms with Gasteiger partial charge < -0.3 is 24.4 Å². The van der Waals surface area contributed by atoms with Crippen molar-refractivity contribution in [2.45, 2.75) is 96.1 Å². The molecule has 3 fully saturated rings. The summed E-state index contributed by atoms with van der Waals surface area (Å²) in [5, 5.41) is 2.81. The smallest absolute Gasteiger partial charge is 0.225 e. The summed E-state index contributed by atoms with van der Waals surface area (Å²) >= 11 is 0. The summed E-state index contributed by atoms with van der Waals surface area (Å²) in [6, 6.07) is 32.2. The average molecular weight is 717 g/mol. The Balaban J connectivity index is 1.02. The maximum Gasteiger partial charge on any atom is 0.225 e. The van der Waals surface area contributed by atoms with Crippen molar-refractivity contribution in [2.24, 2.45) is 17.3 Å². The van der Waals surface area contributed by atoms with Crippen LogP contribution in [0.1, 0.15) is 86.5 Å². The number of hydrogen-bond donors (Lipinski definition) is 1. The highest BCUT2D eigenvalue weighted by molar-refractivity contribution is 5.91. The van der Waals surface area contributed by atoms with E-state index < -0.39 is 5.82 Å². The van der Waals surface area contributed by atoms with E-state index in [2.05, 4.69) is 71.7 Å². The average Bonchev–Trinajstić information content (AvgIpc) is 3.52. The largest absolute Gasteiger partial charge is 0.490 e. The number of nitrogens with one attached hydrogen (secondary N) is 1. The fraction of sp³-hybridized carbons (Fsp3) is 0.457. The van der Waals surface area contributed by atoms with Crippen LogP contribution in [-0.4, -0.2) is 42.6 Å². The van der Waals surface area contributed by atoms with Crippen LogP contribution in [0.5, 0.6) is 11.5 Å². The molecule has 1 saturated heterocycles. The quantitative estimate of drug-likeness (QED) is 0.158. The normalized spacial score (nSPS) is 26.6. The van der Waals surface area contributed by atoms with E-state index in [1.54, 1.807) is 6.07 Å². The van der Waals surface area contributed by atoms with E-state index in [0.29, 0.717) is 43.8 Å². The lowest BCUT2D eigenvalue weighted by Crippen LogP contribution is -2.52. The van der Waals surface area contributed by atoms with Crippen LogP contribution in [0, 0.1) is 23.1 Å². The van der Waals surface area contributed by atoms with Gasteiger partial charge in [-0.2, -0.15) is 0 Å². The van der Waals surface area contributed by atoms with Gasteiger partial charge in [0.1, 0.15) is 30.0 Å². The van der Waals surface area contributed by atoms with E-state index in [4.69, 9.17) is 14.2 Å². The van der Waals surface area contributed by atoms with E-state index in [-0.39, 0.29) is 35.1 Å². The van der Waals surface area contributed by atoms with Crippen molar-refractivity contribution in [1.29, 1.82) is 0 Å². The third-order valence-corrected chi connectivity index (χ3v) is 12.7. The second kappa shape index (κ2) is 16.0. The third kappa shape index (κ3) is 8.02. The van der Waals surface area contributed by atoms with Crippen LogP contribution in [0.25, 0.3) is 0 Å². The summed E-state index contributed by atoms with van der Waals surface area (Å²) in [7, 11) is 0. The number of piperidine rings is 1. The number of nitrogens with zero attached hydrogens (tertiary/aromatic N) is 1.